The number of fused-ring (bicyclic) bond motifs is 3. The highest BCUT2D eigenvalue weighted by atomic mass is 32.2. The van der Waals surface area contributed by atoms with Crippen LogP contribution >= 0.6 is 0 Å². The minimum atomic E-state index is -3.78. The third-order valence-electron chi connectivity index (χ3n) is 6.79. The van der Waals surface area contributed by atoms with E-state index in [9.17, 15) is 13.2 Å². The summed E-state index contributed by atoms with van der Waals surface area (Å²) in [6.45, 7) is 5.94. The molecule has 10 heteroatoms. The summed E-state index contributed by atoms with van der Waals surface area (Å²) in [6, 6.07) is 24.1. The summed E-state index contributed by atoms with van der Waals surface area (Å²) in [5, 5.41) is 8.85. The van der Waals surface area contributed by atoms with Gasteiger partial charge in [-0.1, -0.05) is 60.7 Å². The van der Waals surface area contributed by atoms with Crippen molar-refractivity contribution in [3.05, 3.63) is 84.4 Å². The molecule has 0 bridgehead atoms. The van der Waals surface area contributed by atoms with Gasteiger partial charge in [0, 0.05) is 37.0 Å². The first-order valence-electron chi connectivity index (χ1n) is 12.8. The number of nitrogens with zero attached hydrogens (tertiary/aromatic N) is 5. The van der Waals surface area contributed by atoms with Gasteiger partial charge in [0.15, 0.2) is 0 Å². The Labute approximate surface area is 228 Å². The molecule has 4 aromatic rings. The first kappa shape index (κ1) is 26.2. The van der Waals surface area contributed by atoms with Crippen LogP contribution in [0.3, 0.4) is 0 Å². The summed E-state index contributed by atoms with van der Waals surface area (Å²) in [4.78, 5) is 15.4. The van der Waals surface area contributed by atoms with Gasteiger partial charge in [-0.3, -0.25) is 13.8 Å². The van der Waals surface area contributed by atoms with Crippen molar-refractivity contribution in [1.29, 1.82) is 0 Å². The van der Waals surface area contributed by atoms with E-state index in [0.717, 1.165) is 29.9 Å². The molecule has 5 rings (SSSR count). The van der Waals surface area contributed by atoms with Crippen LogP contribution < -0.4 is 14.6 Å². The maximum Gasteiger partial charge on any atom is 0.264 e. The molecule has 1 aliphatic heterocycles. The van der Waals surface area contributed by atoms with Gasteiger partial charge >= 0.3 is 0 Å². The number of sulfonamides is 1. The number of nitrogens with one attached hydrogen (secondary N) is 1. The molecule has 1 N–H and O–H groups in total. The molecule has 1 aromatic heterocycles. The third kappa shape index (κ3) is 4.90. The number of rotatable bonds is 8. The van der Waals surface area contributed by atoms with Gasteiger partial charge in [-0.25, -0.2) is 13.8 Å². The Morgan fingerprint density at radius 3 is 2.33 bits per heavy atom. The predicted molar refractivity (Wildman–Crippen MR) is 154 cm³/mol. The van der Waals surface area contributed by atoms with Crippen LogP contribution in [-0.4, -0.2) is 50.5 Å². The van der Waals surface area contributed by atoms with Crippen molar-refractivity contribution in [3.63, 3.8) is 0 Å². The van der Waals surface area contributed by atoms with Crippen LogP contribution in [0.25, 0.3) is 22.5 Å². The van der Waals surface area contributed by atoms with Crippen molar-refractivity contribution in [2.24, 2.45) is 5.10 Å². The third-order valence-corrected chi connectivity index (χ3v) is 8.60. The number of benzene rings is 3. The lowest BCUT2D eigenvalue weighted by Gasteiger charge is -2.27. The van der Waals surface area contributed by atoms with Crippen LogP contribution in [0.5, 0.6) is 0 Å². The first-order valence-corrected chi connectivity index (χ1v) is 14.2. The van der Waals surface area contributed by atoms with E-state index in [2.05, 4.69) is 29.3 Å². The largest absolute Gasteiger partial charge is 0.372 e. The molecule has 9 nitrogen and oxygen atoms in total. The van der Waals surface area contributed by atoms with Gasteiger partial charge in [-0.05, 0) is 37.6 Å². The van der Waals surface area contributed by atoms with E-state index in [4.69, 9.17) is 5.10 Å². The van der Waals surface area contributed by atoms with Crippen LogP contribution in [0.15, 0.2) is 88.9 Å². The molecule has 0 aliphatic carbocycles. The Balaban J connectivity index is 1.44. The summed E-state index contributed by atoms with van der Waals surface area (Å²) in [6.07, 6.45) is 1.59. The zero-order valence-electron chi connectivity index (χ0n) is 22.1. The quantitative estimate of drug-likeness (QED) is 0.264. The number of carbonyl (C=O) groups excluding carboxylic acids is 1. The van der Waals surface area contributed by atoms with E-state index in [1.165, 1.54) is 11.4 Å². The number of aromatic nitrogens is 2. The van der Waals surface area contributed by atoms with Crippen LogP contribution in [0, 0.1) is 0 Å². The SMILES string of the molecule is CCN(CC)c1ccc(/C=N/NC(=O)Cn2nc(-c3ccccc3)c3c2-c2ccccc2S(=O)(=O)N3C)cc1. The molecule has 3 aromatic carbocycles. The lowest BCUT2D eigenvalue weighted by Crippen LogP contribution is -2.31. The second-order valence-electron chi connectivity index (χ2n) is 9.10. The van der Waals surface area contributed by atoms with Crippen molar-refractivity contribution in [2.75, 3.05) is 29.3 Å². The maximum absolute atomic E-state index is 13.3. The van der Waals surface area contributed by atoms with E-state index < -0.39 is 10.0 Å². The van der Waals surface area contributed by atoms with Gasteiger partial charge in [-0.2, -0.15) is 10.2 Å². The van der Waals surface area contributed by atoms with Gasteiger partial charge < -0.3 is 4.90 Å². The summed E-state index contributed by atoms with van der Waals surface area (Å²) >= 11 is 0. The normalized spacial score (nSPS) is 13.7. The van der Waals surface area contributed by atoms with Gasteiger partial charge in [0.1, 0.15) is 17.9 Å². The Hall–Kier alpha value is -4.44. The number of amides is 1. The number of hydrogen-bond donors (Lipinski definition) is 1. The highest BCUT2D eigenvalue weighted by molar-refractivity contribution is 7.93. The molecular formula is C29H30N6O3S. The molecule has 0 radical (unpaired) electrons. The fraction of sp³-hybridized carbons (Fsp3) is 0.207. The molecule has 0 spiro atoms. The van der Waals surface area contributed by atoms with Crippen LogP contribution in [-0.2, 0) is 21.4 Å². The van der Waals surface area contributed by atoms with Gasteiger partial charge in [0.2, 0.25) is 0 Å². The molecule has 1 aliphatic rings. The Kier molecular flexibility index (Phi) is 7.21. The van der Waals surface area contributed by atoms with E-state index in [1.54, 1.807) is 35.2 Å². The molecule has 2 heterocycles. The molecule has 0 atom stereocenters. The minimum Gasteiger partial charge on any atom is -0.372 e. The Bertz CT molecular complexity index is 1630. The Morgan fingerprint density at radius 1 is 0.974 bits per heavy atom. The summed E-state index contributed by atoms with van der Waals surface area (Å²) < 4.78 is 29.5. The number of carbonyl (C=O) groups is 1. The summed E-state index contributed by atoms with van der Waals surface area (Å²) in [7, 11) is -2.27. The smallest absolute Gasteiger partial charge is 0.264 e. The highest BCUT2D eigenvalue weighted by Crippen LogP contribution is 2.47. The van der Waals surface area contributed by atoms with Crippen LogP contribution in [0.2, 0.25) is 0 Å². The second kappa shape index (κ2) is 10.7. The van der Waals surface area contributed by atoms with Crippen molar-refractivity contribution >= 4 is 33.5 Å². The van der Waals surface area contributed by atoms with Crippen molar-refractivity contribution in [1.82, 2.24) is 15.2 Å². The first-order chi connectivity index (χ1) is 18.8. The average molecular weight is 543 g/mol. The molecule has 200 valence electrons. The van der Waals surface area contributed by atoms with E-state index >= 15 is 0 Å². The highest BCUT2D eigenvalue weighted by Gasteiger charge is 2.38. The zero-order valence-corrected chi connectivity index (χ0v) is 22.9. The lowest BCUT2D eigenvalue weighted by molar-refractivity contribution is -0.121. The predicted octanol–water partition coefficient (Wildman–Crippen LogP) is 4.35. The molecule has 0 fully saturated rings. The van der Waals surface area contributed by atoms with Crippen molar-refractivity contribution < 1.29 is 13.2 Å². The topological polar surface area (TPSA) is 99.9 Å². The fourth-order valence-corrected chi connectivity index (χ4v) is 6.19. The molecule has 0 saturated heterocycles. The minimum absolute atomic E-state index is 0.143. The Morgan fingerprint density at radius 2 is 1.64 bits per heavy atom. The monoisotopic (exact) mass is 542 g/mol. The van der Waals surface area contributed by atoms with E-state index in [-0.39, 0.29) is 17.3 Å². The van der Waals surface area contributed by atoms with Crippen molar-refractivity contribution in [3.8, 4) is 22.5 Å². The van der Waals surface area contributed by atoms with Crippen LogP contribution in [0.1, 0.15) is 19.4 Å². The van der Waals surface area contributed by atoms with Gasteiger partial charge in [0.05, 0.1) is 16.8 Å². The number of hydrogen-bond acceptors (Lipinski definition) is 6. The van der Waals surface area contributed by atoms with Gasteiger partial charge in [-0.15, -0.1) is 0 Å². The molecular weight excluding hydrogens is 512 g/mol. The maximum atomic E-state index is 13.3. The molecule has 0 saturated carbocycles. The molecule has 0 unspecified atom stereocenters. The molecule has 39 heavy (non-hydrogen) atoms. The molecule has 1 amide bonds. The summed E-state index contributed by atoms with van der Waals surface area (Å²) in [5.41, 5.74) is 7.30. The van der Waals surface area contributed by atoms with Crippen molar-refractivity contribution in [2.45, 2.75) is 25.3 Å². The van der Waals surface area contributed by atoms with Gasteiger partial charge in [0.25, 0.3) is 15.9 Å². The number of anilines is 2. The fourth-order valence-electron chi connectivity index (χ4n) is 4.79. The van der Waals surface area contributed by atoms with Crippen LogP contribution in [0.4, 0.5) is 11.4 Å². The zero-order chi connectivity index (χ0) is 27.6. The summed E-state index contributed by atoms with van der Waals surface area (Å²) in [5.74, 6) is -0.385. The number of hydrazone groups is 1. The van der Waals surface area contributed by atoms with E-state index in [0.29, 0.717) is 22.6 Å². The van der Waals surface area contributed by atoms with E-state index in [1.807, 2.05) is 54.6 Å². The second-order valence-corrected chi connectivity index (χ2v) is 11.0. The average Bonchev–Trinajstić information content (AvgIpc) is 3.33. The standard InChI is InChI=1S/C29H30N6O3S/c1-4-34(5-2)23-17-15-21(16-18-23)19-30-31-26(36)20-35-28-24-13-9-10-14-25(24)39(37,38)33(3)29(28)27(32-35)22-11-7-6-8-12-22/h6-19H,4-5,20H2,1-3H3,(H,31,36)/b30-19+. The lowest BCUT2D eigenvalue weighted by atomic mass is 10.1.